The monoisotopic (exact) mass is 350 g/mol. The van der Waals surface area contributed by atoms with Crippen LogP contribution in [0.1, 0.15) is 24.9 Å². The molecule has 0 bridgehead atoms. The quantitative estimate of drug-likeness (QED) is 0.687. The first-order valence-corrected chi connectivity index (χ1v) is 9.12. The number of nitrogens with one attached hydrogen (secondary N) is 2. The van der Waals surface area contributed by atoms with Gasteiger partial charge in [0.15, 0.2) is 11.6 Å². The van der Waals surface area contributed by atoms with Gasteiger partial charge >= 0.3 is 0 Å². The molecular formula is C22H23FN2O. The van der Waals surface area contributed by atoms with Gasteiger partial charge in [0.05, 0.1) is 12.2 Å². The van der Waals surface area contributed by atoms with E-state index in [-0.39, 0.29) is 18.0 Å². The number of hydrogen-bond donors (Lipinski definition) is 2. The summed E-state index contributed by atoms with van der Waals surface area (Å²) in [6.45, 7) is 3.68. The number of hydrogen-bond acceptors (Lipinski definition) is 3. The number of anilines is 1. The van der Waals surface area contributed by atoms with E-state index in [0.29, 0.717) is 12.3 Å². The van der Waals surface area contributed by atoms with Gasteiger partial charge < -0.3 is 15.4 Å². The standard InChI is InChI=1S/C22H23FN2O/c1-15(18-9-4-7-16-6-2-3-8-19(16)18)24-13-12-17-14-25-21-11-5-10-20(23)22(21)26-17/h2-11,15,17,24-25H,12-14H2,1H3. The largest absolute Gasteiger partial charge is 0.483 e. The molecule has 0 aromatic heterocycles. The zero-order valence-electron chi connectivity index (χ0n) is 14.8. The fourth-order valence-electron chi connectivity index (χ4n) is 3.56. The number of fused-ring (bicyclic) bond motifs is 2. The summed E-state index contributed by atoms with van der Waals surface area (Å²) in [4.78, 5) is 0. The van der Waals surface area contributed by atoms with Crippen molar-refractivity contribution in [1.82, 2.24) is 5.32 Å². The predicted molar refractivity (Wildman–Crippen MR) is 104 cm³/mol. The lowest BCUT2D eigenvalue weighted by Crippen LogP contribution is -2.34. The summed E-state index contributed by atoms with van der Waals surface area (Å²) in [5.41, 5.74) is 2.03. The van der Waals surface area contributed by atoms with Crippen molar-refractivity contribution in [1.29, 1.82) is 0 Å². The van der Waals surface area contributed by atoms with Gasteiger partial charge in [-0.2, -0.15) is 0 Å². The third-order valence-electron chi connectivity index (χ3n) is 4.98. The fraction of sp³-hybridized carbons (Fsp3) is 0.273. The van der Waals surface area contributed by atoms with Gasteiger partial charge in [-0.15, -0.1) is 0 Å². The lowest BCUT2D eigenvalue weighted by Gasteiger charge is -2.28. The Balaban J connectivity index is 1.37. The summed E-state index contributed by atoms with van der Waals surface area (Å²) >= 11 is 0. The molecule has 3 aromatic rings. The van der Waals surface area contributed by atoms with E-state index in [0.717, 1.165) is 18.7 Å². The van der Waals surface area contributed by atoms with E-state index in [4.69, 9.17) is 4.74 Å². The SMILES string of the molecule is CC(NCCC1CNc2cccc(F)c2O1)c1cccc2ccccc12. The molecule has 0 saturated heterocycles. The second-order valence-corrected chi connectivity index (χ2v) is 6.77. The molecule has 2 atom stereocenters. The molecule has 4 rings (SSSR count). The van der Waals surface area contributed by atoms with Crippen molar-refractivity contribution in [2.45, 2.75) is 25.5 Å². The lowest BCUT2D eigenvalue weighted by molar-refractivity contribution is 0.185. The van der Waals surface area contributed by atoms with E-state index in [1.807, 2.05) is 6.07 Å². The van der Waals surface area contributed by atoms with E-state index < -0.39 is 0 Å². The van der Waals surface area contributed by atoms with E-state index >= 15 is 0 Å². The van der Waals surface area contributed by atoms with Crippen molar-refractivity contribution >= 4 is 16.5 Å². The smallest absolute Gasteiger partial charge is 0.178 e. The number of para-hydroxylation sites is 1. The molecule has 3 nitrogen and oxygen atoms in total. The summed E-state index contributed by atoms with van der Waals surface area (Å²) < 4.78 is 19.7. The van der Waals surface area contributed by atoms with Crippen LogP contribution in [-0.4, -0.2) is 19.2 Å². The highest BCUT2D eigenvalue weighted by Crippen LogP contribution is 2.32. The second kappa shape index (κ2) is 7.34. The van der Waals surface area contributed by atoms with Gasteiger partial charge in [0.25, 0.3) is 0 Å². The number of ether oxygens (including phenoxy) is 1. The Bertz CT molecular complexity index is 906. The Morgan fingerprint density at radius 3 is 2.85 bits per heavy atom. The number of benzene rings is 3. The van der Waals surface area contributed by atoms with Crippen molar-refractivity contribution in [2.24, 2.45) is 0 Å². The average Bonchev–Trinajstić information content (AvgIpc) is 2.68. The van der Waals surface area contributed by atoms with Crippen LogP contribution in [0, 0.1) is 5.82 Å². The number of halogens is 1. The van der Waals surface area contributed by atoms with Crippen LogP contribution in [0.4, 0.5) is 10.1 Å². The van der Waals surface area contributed by atoms with Crippen LogP contribution in [0.25, 0.3) is 10.8 Å². The first-order chi connectivity index (χ1) is 12.7. The molecule has 0 saturated carbocycles. The van der Waals surface area contributed by atoms with Crippen LogP contribution in [-0.2, 0) is 0 Å². The maximum atomic E-state index is 13.9. The summed E-state index contributed by atoms with van der Waals surface area (Å²) in [7, 11) is 0. The predicted octanol–water partition coefficient (Wildman–Crippen LogP) is 4.89. The summed E-state index contributed by atoms with van der Waals surface area (Å²) in [6.07, 6.45) is 0.780. The highest BCUT2D eigenvalue weighted by Gasteiger charge is 2.22. The van der Waals surface area contributed by atoms with Gasteiger partial charge in [-0.3, -0.25) is 0 Å². The molecule has 4 heteroatoms. The van der Waals surface area contributed by atoms with Crippen LogP contribution in [0.2, 0.25) is 0 Å². The molecule has 1 heterocycles. The minimum atomic E-state index is -0.309. The Labute approximate surface area is 153 Å². The van der Waals surface area contributed by atoms with Crippen LogP contribution >= 0.6 is 0 Å². The molecule has 2 unspecified atom stereocenters. The van der Waals surface area contributed by atoms with Gasteiger partial charge in [-0.05, 0) is 48.4 Å². The van der Waals surface area contributed by atoms with Crippen LogP contribution < -0.4 is 15.4 Å². The van der Waals surface area contributed by atoms with E-state index in [9.17, 15) is 4.39 Å². The van der Waals surface area contributed by atoms with Gasteiger partial charge in [-0.25, -0.2) is 4.39 Å². The fourth-order valence-corrected chi connectivity index (χ4v) is 3.56. The summed E-state index contributed by atoms with van der Waals surface area (Å²) in [5.74, 6) is 0.0302. The van der Waals surface area contributed by atoms with Crippen LogP contribution in [0.3, 0.4) is 0 Å². The molecule has 134 valence electrons. The minimum absolute atomic E-state index is 0.0355. The Kier molecular flexibility index (Phi) is 4.76. The molecule has 1 aliphatic heterocycles. The van der Waals surface area contributed by atoms with Crippen LogP contribution in [0.15, 0.2) is 60.7 Å². The maximum Gasteiger partial charge on any atom is 0.178 e. The first-order valence-electron chi connectivity index (χ1n) is 9.12. The Morgan fingerprint density at radius 2 is 1.92 bits per heavy atom. The summed E-state index contributed by atoms with van der Waals surface area (Å²) in [6, 6.07) is 20.1. The van der Waals surface area contributed by atoms with Gasteiger partial charge in [0.1, 0.15) is 6.10 Å². The topological polar surface area (TPSA) is 33.3 Å². The van der Waals surface area contributed by atoms with Crippen LogP contribution in [0.5, 0.6) is 5.75 Å². The van der Waals surface area contributed by atoms with Crippen molar-refractivity contribution in [3.63, 3.8) is 0 Å². The first kappa shape index (κ1) is 16.9. The average molecular weight is 350 g/mol. The third-order valence-corrected chi connectivity index (χ3v) is 4.98. The molecule has 2 N–H and O–H groups in total. The highest BCUT2D eigenvalue weighted by atomic mass is 19.1. The molecule has 0 radical (unpaired) electrons. The van der Waals surface area contributed by atoms with E-state index in [2.05, 4.69) is 60.0 Å². The van der Waals surface area contributed by atoms with Crippen molar-refractivity contribution in [3.05, 3.63) is 72.0 Å². The Morgan fingerprint density at radius 1 is 1.12 bits per heavy atom. The molecule has 26 heavy (non-hydrogen) atoms. The Hall–Kier alpha value is -2.59. The minimum Gasteiger partial charge on any atom is -0.483 e. The van der Waals surface area contributed by atoms with Gasteiger partial charge in [0.2, 0.25) is 0 Å². The molecule has 0 amide bonds. The molecule has 0 fully saturated rings. The van der Waals surface area contributed by atoms with Gasteiger partial charge in [-0.1, -0.05) is 48.5 Å². The normalized spacial score (nSPS) is 17.2. The van der Waals surface area contributed by atoms with Gasteiger partial charge in [0, 0.05) is 6.04 Å². The molecular weight excluding hydrogens is 327 g/mol. The summed E-state index contributed by atoms with van der Waals surface area (Å²) in [5, 5.41) is 9.36. The molecule has 3 aromatic carbocycles. The zero-order valence-corrected chi connectivity index (χ0v) is 14.8. The molecule has 0 aliphatic carbocycles. The second-order valence-electron chi connectivity index (χ2n) is 6.77. The molecule has 1 aliphatic rings. The highest BCUT2D eigenvalue weighted by molar-refractivity contribution is 5.86. The number of rotatable bonds is 5. The zero-order chi connectivity index (χ0) is 17.9. The molecule has 0 spiro atoms. The van der Waals surface area contributed by atoms with Crippen molar-refractivity contribution in [2.75, 3.05) is 18.4 Å². The lowest BCUT2D eigenvalue weighted by atomic mass is 9.99. The van der Waals surface area contributed by atoms with Crippen molar-refractivity contribution in [3.8, 4) is 5.75 Å². The van der Waals surface area contributed by atoms with E-state index in [1.165, 1.54) is 22.4 Å². The maximum absolute atomic E-state index is 13.9. The third kappa shape index (κ3) is 3.37. The van der Waals surface area contributed by atoms with Crippen molar-refractivity contribution < 1.29 is 9.13 Å². The van der Waals surface area contributed by atoms with E-state index in [1.54, 1.807) is 6.07 Å².